The van der Waals surface area contributed by atoms with Crippen molar-refractivity contribution < 1.29 is 9.59 Å². The van der Waals surface area contributed by atoms with Crippen molar-refractivity contribution in [2.24, 2.45) is 5.92 Å². The van der Waals surface area contributed by atoms with E-state index in [-0.39, 0.29) is 17.7 Å². The number of benzene rings is 2. The smallest absolute Gasteiger partial charge is 0.228 e. The number of hydrogen-bond donors (Lipinski definition) is 2. The molecule has 0 aliphatic heterocycles. The molecule has 0 saturated carbocycles. The zero-order chi connectivity index (χ0) is 21.8. The molecule has 3 rings (SSSR count). The number of nitrogens with one attached hydrogen (secondary N) is 2. The largest absolute Gasteiger partial charge is 0.326 e. The Hall–Kier alpha value is -2.38. The van der Waals surface area contributed by atoms with Gasteiger partial charge in [0.15, 0.2) is 4.34 Å². The summed E-state index contributed by atoms with van der Waals surface area (Å²) in [5, 5.41) is 5.96. The molecule has 30 heavy (non-hydrogen) atoms. The third kappa shape index (κ3) is 5.40. The zero-order valence-corrected chi connectivity index (χ0v) is 19.6. The zero-order valence-electron chi connectivity index (χ0n) is 18.0. The lowest BCUT2D eigenvalue weighted by Gasteiger charge is -2.16. The van der Waals surface area contributed by atoms with Crippen LogP contribution in [0.3, 0.4) is 0 Å². The van der Waals surface area contributed by atoms with Gasteiger partial charge in [-0.2, -0.15) is 0 Å². The fourth-order valence-corrected chi connectivity index (χ4v) is 5.34. The van der Waals surface area contributed by atoms with Crippen molar-refractivity contribution in [3.63, 3.8) is 0 Å². The van der Waals surface area contributed by atoms with Gasteiger partial charge in [-0.05, 0) is 50.1 Å². The molecule has 3 aromatic rings. The van der Waals surface area contributed by atoms with Gasteiger partial charge in [-0.3, -0.25) is 9.59 Å². The maximum Gasteiger partial charge on any atom is 0.228 e. The molecule has 0 saturated heterocycles. The van der Waals surface area contributed by atoms with Crippen molar-refractivity contribution >= 4 is 56.5 Å². The number of carbonyl (C=O) groups excluding carboxylic acids is 2. The van der Waals surface area contributed by atoms with Crippen LogP contribution in [0.2, 0.25) is 0 Å². The molecule has 1 aromatic heterocycles. The van der Waals surface area contributed by atoms with E-state index in [4.69, 9.17) is 0 Å². The van der Waals surface area contributed by atoms with Crippen molar-refractivity contribution in [3.8, 4) is 0 Å². The molecule has 2 aromatic carbocycles. The van der Waals surface area contributed by atoms with E-state index in [0.29, 0.717) is 12.2 Å². The minimum Gasteiger partial charge on any atom is -0.326 e. The molecule has 0 spiro atoms. The Kier molecular flexibility index (Phi) is 7.15. The van der Waals surface area contributed by atoms with Crippen LogP contribution in [0.25, 0.3) is 10.2 Å². The Balaban J connectivity index is 1.62. The van der Waals surface area contributed by atoms with Crippen molar-refractivity contribution in [1.82, 2.24) is 4.98 Å². The number of aryl methyl sites for hydroxylation is 3. The molecule has 158 valence electrons. The van der Waals surface area contributed by atoms with Crippen molar-refractivity contribution in [3.05, 3.63) is 47.0 Å². The highest BCUT2D eigenvalue weighted by Crippen LogP contribution is 2.32. The average molecular weight is 442 g/mol. The molecule has 2 N–H and O–H groups in total. The van der Waals surface area contributed by atoms with Gasteiger partial charge in [0.25, 0.3) is 0 Å². The van der Waals surface area contributed by atoms with E-state index in [1.807, 2.05) is 45.9 Å². The highest BCUT2D eigenvalue weighted by molar-refractivity contribution is 8.01. The summed E-state index contributed by atoms with van der Waals surface area (Å²) in [6.07, 6.45) is 0.448. The first-order valence-corrected chi connectivity index (χ1v) is 11.8. The summed E-state index contributed by atoms with van der Waals surface area (Å²) in [7, 11) is 0. The van der Waals surface area contributed by atoms with Gasteiger partial charge in [-0.25, -0.2) is 4.98 Å². The molecule has 0 aliphatic rings. The van der Waals surface area contributed by atoms with Gasteiger partial charge in [-0.15, -0.1) is 11.3 Å². The quantitative estimate of drug-likeness (QED) is 0.445. The number of amides is 2. The maximum absolute atomic E-state index is 12.7. The summed E-state index contributed by atoms with van der Waals surface area (Å²) in [6.45, 7) is 9.87. The molecule has 1 atom stereocenters. The molecule has 1 heterocycles. The van der Waals surface area contributed by atoms with Crippen LogP contribution < -0.4 is 10.6 Å². The minimum absolute atomic E-state index is 0.00708. The highest BCUT2D eigenvalue weighted by Gasteiger charge is 2.17. The summed E-state index contributed by atoms with van der Waals surface area (Å²) in [4.78, 5) is 28.9. The molecule has 2 amide bonds. The maximum atomic E-state index is 12.7. The van der Waals surface area contributed by atoms with E-state index in [2.05, 4.69) is 34.7 Å². The monoisotopic (exact) mass is 441 g/mol. The van der Waals surface area contributed by atoms with Crippen LogP contribution in [-0.2, 0) is 9.59 Å². The summed E-state index contributed by atoms with van der Waals surface area (Å²) in [6, 6.07) is 9.90. The predicted molar refractivity (Wildman–Crippen MR) is 128 cm³/mol. The highest BCUT2D eigenvalue weighted by atomic mass is 32.2. The second-order valence-electron chi connectivity index (χ2n) is 7.54. The molecular weight excluding hydrogens is 414 g/mol. The van der Waals surface area contributed by atoms with Crippen molar-refractivity contribution in [2.45, 2.75) is 45.4 Å². The standard InChI is InChI=1S/C23H27N3O2S2/c1-6-20(27)24-17-7-8-18-19(11-17)30-23(25-18)29-12-16(5)22(28)26-21-14(3)9-13(2)10-15(21)4/h7-11,16H,6,12H2,1-5H3,(H,24,27)(H,26,28). The van der Waals surface area contributed by atoms with Gasteiger partial charge in [0, 0.05) is 29.5 Å². The molecule has 0 radical (unpaired) electrons. The minimum atomic E-state index is -0.151. The second kappa shape index (κ2) is 9.62. The van der Waals surface area contributed by atoms with E-state index >= 15 is 0 Å². The lowest BCUT2D eigenvalue weighted by atomic mass is 10.0. The summed E-state index contributed by atoms with van der Waals surface area (Å²) in [5.41, 5.74) is 5.95. The number of aromatic nitrogens is 1. The molecular formula is C23H27N3O2S2. The first-order chi connectivity index (χ1) is 14.3. The number of fused-ring (bicyclic) bond motifs is 1. The molecule has 7 heteroatoms. The molecule has 0 fully saturated rings. The van der Waals surface area contributed by atoms with E-state index in [1.165, 1.54) is 5.56 Å². The summed E-state index contributed by atoms with van der Waals surface area (Å²) >= 11 is 3.17. The van der Waals surface area contributed by atoms with Gasteiger partial charge in [0.2, 0.25) is 11.8 Å². The van der Waals surface area contributed by atoms with Crippen LogP contribution in [-0.4, -0.2) is 22.6 Å². The van der Waals surface area contributed by atoms with Crippen LogP contribution in [0.15, 0.2) is 34.7 Å². The lowest BCUT2D eigenvalue weighted by Crippen LogP contribution is -2.23. The van der Waals surface area contributed by atoms with E-state index in [0.717, 1.165) is 37.1 Å². The predicted octanol–water partition coefficient (Wildman–Crippen LogP) is 5.94. The van der Waals surface area contributed by atoms with E-state index in [1.54, 1.807) is 23.1 Å². The second-order valence-corrected chi connectivity index (χ2v) is 9.84. The van der Waals surface area contributed by atoms with Gasteiger partial charge in [-0.1, -0.05) is 43.3 Å². The molecule has 5 nitrogen and oxygen atoms in total. The van der Waals surface area contributed by atoms with Gasteiger partial charge < -0.3 is 10.6 Å². The summed E-state index contributed by atoms with van der Waals surface area (Å²) in [5.74, 6) is 0.506. The van der Waals surface area contributed by atoms with Gasteiger partial charge in [0.05, 0.1) is 10.2 Å². The SMILES string of the molecule is CCC(=O)Nc1ccc2nc(SCC(C)C(=O)Nc3c(C)cc(C)cc3C)sc2c1. The fourth-order valence-electron chi connectivity index (χ4n) is 3.19. The number of anilines is 2. The normalized spacial score (nSPS) is 12.0. The number of thioether (sulfide) groups is 1. The number of hydrogen-bond acceptors (Lipinski definition) is 5. The molecule has 0 aliphatic carbocycles. The number of thiazole rings is 1. The third-order valence-corrected chi connectivity index (χ3v) is 7.22. The fraction of sp³-hybridized carbons (Fsp3) is 0.348. The van der Waals surface area contributed by atoms with Crippen molar-refractivity contribution in [2.75, 3.05) is 16.4 Å². The number of rotatable bonds is 7. The number of carbonyl (C=O) groups is 2. The first kappa shape index (κ1) is 22.3. The average Bonchev–Trinajstić information content (AvgIpc) is 3.10. The first-order valence-electron chi connectivity index (χ1n) is 9.98. The van der Waals surface area contributed by atoms with Gasteiger partial charge in [0.1, 0.15) is 0 Å². The van der Waals surface area contributed by atoms with Crippen LogP contribution in [0.1, 0.15) is 37.0 Å². The Morgan fingerprint density at radius 2 is 1.80 bits per heavy atom. The Morgan fingerprint density at radius 1 is 1.10 bits per heavy atom. The Morgan fingerprint density at radius 3 is 2.47 bits per heavy atom. The van der Waals surface area contributed by atoms with E-state index in [9.17, 15) is 9.59 Å². The van der Waals surface area contributed by atoms with Crippen molar-refractivity contribution in [1.29, 1.82) is 0 Å². The number of nitrogens with zero attached hydrogens (tertiary/aromatic N) is 1. The molecule has 1 unspecified atom stereocenters. The molecule has 0 bridgehead atoms. The van der Waals surface area contributed by atoms with Crippen LogP contribution >= 0.6 is 23.1 Å². The van der Waals surface area contributed by atoms with Crippen LogP contribution in [0.4, 0.5) is 11.4 Å². The van der Waals surface area contributed by atoms with E-state index < -0.39 is 0 Å². The topological polar surface area (TPSA) is 71.1 Å². The Labute approximate surface area is 185 Å². The lowest BCUT2D eigenvalue weighted by molar-refractivity contribution is -0.119. The van der Waals surface area contributed by atoms with Crippen LogP contribution in [0.5, 0.6) is 0 Å². The summed E-state index contributed by atoms with van der Waals surface area (Å²) < 4.78 is 1.95. The van der Waals surface area contributed by atoms with Gasteiger partial charge >= 0.3 is 0 Å². The van der Waals surface area contributed by atoms with Crippen LogP contribution in [0, 0.1) is 26.7 Å². The Bertz CT molecular complexity index is 1070. The third-order valence-electron chi connectivity index (χ3n) is 4.80.